The third kappa shape index (κ3) is 3.53. The first kappa shape index (κ1) is 18.2. The first-order chi connectivity index (χ1) is 12.9. The van der Waals surface area contributed by atoms with Crippen molar-refractivity contribution in [1.29, 1.82) is 0 Å². The zero-order chi connectivity index (χ0) is 19.0. The second-order valence-corrected chi connectivity index (χ2v) is 8.63. The maximum absolute atomic E-state index is 12.4. The molecule has 1 aromatic carbocycles. The molecular formula is C21H25ClN4O. The fraction of sp³-hybridized carbons (Fsp3) is 0.476. The van der Waals surface area contributed by atoms with Gasteiger partial charge in [0.05, 0.1) is 12.7 Å². The minimum atomic E-state index is -0.178. The van der Waals surface area contributed by atoms with Crippen LogP contribution in [0.1, 0.15) is 49.2 Å². The van der Waals surface area contributed by atoms with Gasteiger partial charge in [0.1, 0.15) is 0 Å². The Labute approximate surface area is 164 Å². The molecule has 0 spiro atoms. The van der Waals surface area contributed by atoms with E-state index in [1.807, 2.05) is 24.3 Å². The molecular weight excluding hydrogens is 360 g/mol. The Morgan fingerprint density at radius 1 is 1.37 bits per heavy atom. The minimum absolute atomic E-state index is 0.178. The summed E-state index contributed by atoms with van der Waals surface area (Å²) in [6.45, 7) is 5.87. The summed E-state index contributed by atoms with van der Waals surface area (Å²) >= 11 is 6.17. The smallest absolute Gasteiger partial charge is 0.273 e. The van der Waals surface area contributed by atoms with Crippen molar-refractivity contribution in [3.05, 3.63) is 58.4 Å². The molecule has 2 bridgehead atoms. The molecule has 1 N–H and O–H groups in total. The molecule has 5 rings (SSSR count). The predicted molar refractivity (Wildman–Crippen MR) is 106 cm³/mol. The SMILES string of the molecule is CC1(C)[C@H]2CC=C(CCNC(=O)c3cn(Cc4ccccc4Cl)nn3)[C@@H]1C2. The van der Waals surface area contributed by atoms with Gasteiger partial charge >= 0.3 is 0 Å². The van der Waals surface area contributed by atoms with Gasteiger partial charge in [0, 0.05) is 11.6 Å². The summed E-state index contributed by atoms with van der Waals surface area (Å²) in [6.07, 6.45) is 7.46. The number of rotatable bonds is 6. The van der Waals surface area contributed by atoms with E-state index in [4.69, 9.17) is 11.6 Å². The lowest BCUT2D eigenvalue weighted by Gasteiger charge is -2.56. The van der Waals surface area contributed by atoms with Gasteiger partial charge in [-0.15, -0.1) is 5.10 Å². The van der Waals surface area contributed by atoms with Crippen molar-refractivity contribution in [1.82, 2.24) is 20.3 Å². The fourth-order valence-electron chi connectivity index (χ4n) is 4.45. The van der Waals surface area contributed by atoms with Gasteiger partial charge in [-0.2, -0.15) is 0 Å². The maximum atomic E-state index is 12.4. The average Bonchev–Trinajstić information content (AvgIpc) is 3.12. The molecule has 1 aromatic heterocycles. The highest BCUT2D eigenvalue weighted by Gasteiger charge is 2.50. The lowest BCUT2D eigenvalue weighted by molar-refractivity contribution is -0.00811. The lowest BCUT2D eigenvalue weighted by atomic mass is 9.48. The topological polar surface area (TPSA) is 59.8 Å². The highest BCUT2D eigenvalue weighted by atomic mass is 35.5. The quantitative estimate of drug-likeness (QED) is 0.763. The van der Waals surface area contributed by atoms with Gasteiger partial charge in [0.25, 0.3) is 5.91 Å². The van der Waals surface area contributed by atoms with Crippen LogP contribution in [0.25, 0.3) is 0 Å². The Bertz CT molecular complexity index is 886. The molecule has 2 aromatic rings. The van der Waals surface area contributed by atoms with Crippen LogP contribution < -0.4 is 5.32 Å². The number of amides is 1. The van der Waals surface area contributed by atoms with Gasteiger partial charge in [-0.05, 0) is 48.1 Å². The summed E-state index contributed by atoms with van der Waals surface area (Å²) < 4.78 is 1.64. The fourth-order valence-corrected chi connectivity index (χ4v) is 4.64. The Balaban J connectivity index is 1.30. The van der Waals surface area contributed by atoms with Crippen LogP contribution in [0.4, 0.5) is 0 Å². The van der Waals surface area contributed by atoms with E-state index in [1.54, 1.807) is 10.9 Å². The summed E-state index contributed by atoms with van der Waals surface area (Å²) in [5.41, 5.74) is 3.21. The van der Waals surface area contributed by atoms with Crippen LogP contribution in [0.2, 0.25) is 5.02 Å². The van der Waals surface area contributed by atoms with Crippen molar-refractivity contribution in [2.75, 3.05) is 6.54 Å². The van der Waals surface area contributed by atoms with E-state index >= 15 is 0 Å². The van der Waals surface area contributed by atoms with Crippen molar-refractivity contribution >= 4 is 17.5 Å². The number of carbonyl (C=O) groups excluding carboxylic acids is 1. The molecule has 6 heteroatoms. The molecule has 3 aliphatic rings. The van der Waals surface area contributed by atoms with Crippen LogP contribution >= 0.6 is 11.6 Å². The van der Waals surface area contributed by atoms with Gasteiger partial charge in [-0.3, -0.25) is 4.79 Å². The third-order valence-electron chi connectivity index (χ3n) is 6.34. The van der Waals surface area contributed by atoms with Crippen molar-refractivity contribution in [2.24, 2.45) is 17.3 Å². The van der Waals surface area contributed by atoms with Crippen LogP contribution in [0.15, 0.2) is 42.1 Å². The molecule has 27 heavy (non-hydrogen) atoms. The van der Waals surface area contributed by atoms with Crippen molar-refractivity contribution < 1.29 is 4.79 Å². The molecule has 0 unspecified atom stereocenters. The summed E-state index contributed by atoms with van der Waals surface area (Å²) in [5.74, 6) is 1.35. The van der Waals surface area contributed by atoms with E-state index in [0.29, 0.717) is 35.1 Å². The number of aromatic nitrogens is 3. The van der Waals surface area contributed by atoms with Gasteiger partial charge in [-0.25, -0.2) is 4.68 Å². The Morgan fingerprint density at radius 2 is 2.19 bits per heavy atom. The number of allylic oxidation sites excluding steroid dienone is 1. The van der Waals surface area contributed by atoms with Crippen LogP contribution in [0.5, 0.6) is 0 Å². The highest BCUT2D eigenvalue weighted by molar-refractivity contribution is 6.31. The van der Waals surface area contributed by atoms with Crippen molar-refractivity contribution in [3.8, 4) is 0 Å². The summed E-state index contributed by atoms with van der Waals surface area (Å²) in [4.78, 5) is 12.4. The Morgan fingerprint density at radius 3 is 2.93 bits per heavy atom. The molecule has 1 amide bonds. The minimum Gasteiger partial charge on any atom is -0.350 e. The lowest BCUT2D eigenvalue weighted by Crippen LogP contribution is -2.48. The molecule has 0 aliphatic heterocycles. The number of benzene rings is 1. The molecule has 0 saturated heterocycles. The standard InChI is InChI=1S/C21H25ClN4O/c1-21(2)16-8-7-14(17(21)11-16)9-10-23-20(27)19-13-26(25-24-19)12-15-5-3-4-6-18(15)22/h3-7,13,16-17H,8-12H2,1-2H3,(H,23,27)/t16-,17-/m0/s1. The number of nitrogens with one attached hydrogen (secondary N) is 1. The highest BCUT2D eigenvalue weighted by Crippen LogP contribution is 2.59. The molecule has 3 aliphatic carbocycles. The van der Waals surface area contributed by atoms with Gasteiger partial charge < -0.3 is 5.32 Å². The van der Waals surface area contributed by atoms with Gasteiger partial charge in [0.2, 0.25) is 0 Å². The molecule has 2 atom stereocenters. The first-order valence-electron chi connectivity index (χ1n) is 9.56. The number of carbonyl (C=O) groups is 1. The van der Waals surface area contributed by atoms with Gasteiger partial charge in [0.15, 0.2) is 5.69 Å². The number of hydrogen-bond donors (Lipinski definition) is 1. The van der Waals surface area contributed by atoms with E-state index in [0.717, 1.165) is 17.9 Å². The van der Waals surface area contributed by atoms with Gasteiger partial charge in [-0.1, -0.05) is 60.5 Å². The second kappa shape index (κ2) is 7.12. The van der Waals surface area contributed by atoms with Crippen molar-refractivity contribution in [3.63, 3.8) is 0 Å². The number of hydrogen-bond acceptors (Lipinski definition) is 3. The molecule has 5 nitrogen and oxygen atoms in total. The zero-order valence-corrected chi connectivity index (χ0v) is 16.5. The normalized spacial score (nSPS) is 22.7. The van der Waals surface area contributed by atoms with E-state index in [9.17, 15) is 4.79 Å². The molecule has 1 fully saturated rings. The summed E-state index contributed by atoms with van der Waals surface area (Å²) in [6, 6.07) is 7.59. The second-order valence-electron chi connectivity index (χ2n) is 8.22. The molecule has 0 radical (unpaired) electrons. The van der Waals surface area contributed by atoms with Crippen LogP contribution in [-0.2, 0) is 6.54 Å². The summed E-state index contributed by atoms with van der Waals surface area (Å²) in [7, 11) is 0. The third-order valence-corrected chi connectivity index (χ3v) is 6.71. The van der Waals surface area contributed by atoms with Crippen LogP contribution in [0, 0.1) is 17.3 Å². The Hall–Kier alpha value is -2.14. The van der Waals surface area contributed by atoms with E-state index in [2.05, 4.69) is 35.6 Å². The zero-order valence-electron chi connectivity index (χ0n) is 15.8. The van der Waals surface area contributed by atoms with Crippen LogP contribution in [0.3, 0.4) is 0 Å². The molecule has 1 heterocycles. The number of nitrogens with zero attached hydrogens (tertiary/aromatic N) is 3. The summed E-state index contributed by atoms with van der Waals surface area (Å²) in [5, 5.41) is 11.7. The molecule has 142 valence electrons. The van der Waals surface area contributed by atoms with E-state index < -0.39 is 0 Å². The molecule has 1 saturated carbocycles. The number of halogens is 1. The van der Waals surface area contributed by atoms with Crippen LogP contribution in [-0.4, -0.2) is 27.4 Å². The predicted octanol–water partition coefficient (Wildman–Crippen LogP) is 4.09. The average molecular weight is 385 g/mol. The van der Waals surface area contributed by atoms with E-state index in [-0.39, 0.29) is 5.91 Å². The largest absolute Gasteiger partial charge is 0.350 e. The monoisotopic (exact) mass is 384 g/mol. The number of fused-ring (bicyclic) bond motifs is 1. The maximum Gasteiger partial charge on any atom is 0.273 e. The Kier molecular flexibility index (Phi) is 4.81. The van der Waals surface area contributed by atoms with Crippen molar-refractivity contribution in [2.45, 2.75) is 39.7 Å². The first-order valence-corrected chi connectivity index (χ1v) is 9.93. The van der Waals surface area contributed by atoms with E-state index in [1.165, 1.54) is 18.4 Å².